The quantitative estimate of drug-likeness (QED) is 0.0884. The van der Waals surface area contributed by atoms with E-state index in [2.05, 4.69) is 55.5 Å². The predicted octanol–water partition coefficient (Wildman–Crippen LogP) is 10.3. The maximum Gasteiger partial charge on any atom is 0.247 e. The minimum absolute atomic E-state index is 0.0401. The van der Waals surface area contributed by atoms with Crippen LogP contribution in [0.15, 0.2) is 121 Å². The van der Waals surface area contributed by atoms with Crippen LogP contribution in [0.1, 0.15) is 33.6 Å². The molecule has 0 radical (unpaired) electrons. The molecule has 0 bridgehead atoms. The molecule has 0 spiro atoms. The van der Waals surface area contributed by atoms with Crippen LogP contribution < -0.4 is 0 Å². The summed E-state index contributed by atoms with van der Waals surface area (Å²) in [4.78, 5) is 0. The minimum Gasteiger partial charge on any atom is -0.494 e. The van der Waals surface area contributed by atoms with Gasteiger partial charge >= 0.3 is 0 Å². The second-order valence-corrected chi connectivity index (χ2v) is 8.50. The number of methoxy groups -OCH3 is 2. The summed E-state index contributed by atoms with van der Waals surface area (Å²) in [6.45, 7) is 28.3. The standard InChI is InChI=1S/C20H20F4O2.C10H18F2/c1-11(13(3)17(21)19(23)15(5)25-7)9-10-12(2)14(4)18(22)20(24)16(6)26-8;1-5-8(2)6-7-9(3)10(4,11)12/h9-10H,1-6H2,7-8H3;5,8-9H,1,6-7H2,2-4H3/b10-9-,19-17-,20-18-;. The van der Waals surface area contributed by atoms with Gasteiger partial charge < -0.3 is 9.47 Å². The first-order valence-corrected chi connectivity index (χ1v) is 11.4. The Balaban J connectivity index is 0. The second kappa shape index (κ2) is 17.2. The smallest absolute Gasteiger partial charge is 0.247 e. The van der Waals surface area contributed by atoms with E-state index in [9.17, 15) is 26.3 Å². The number of alkyl halides is 2. The van der Waals surface area contributed by atoms with Crippen LogP contribution in [0.2, 0.25) is 0 Å². The van der Waals surface area contributed by atoms with Crippen molar-refractivity contribution in [2.24, 2.45) is 11.8 Å². The van der Waals surface area contributed by atoms with Gasteiger partial charge in [0.05, 0.1) is 14.2 Å². The minimum atomic E-state index is -2.54. The van der Waals surface area contributed by atoms with Gasteiger partial charge in [0.1, 0.15) is 11.5 Å². The van der Waals surface area contributed by atoms with Crippen LogP contribution in [0.4, 0.5) is 26.3 Å². The molecular formula is C30H38F6O2. The van der Waals surface area contributed by atoms with Crippen LogP contribution in [0.25, 0.3) is 0 Å². The number of ether oxygens (including phenoxy) is 2. The molecule has 212 valence electrons. The Morgan fingerprint density at radius 3 is 1.32 bits per heavy atom. The maximum atomic E-state index is 13.9. The SMILES string of the molecule is C=C(/C=C\C(=C)C(=C)/C(F)=C(/F)C(=C)OC)C(=C)/C(F)=C(/F)C(=C)OC.C=CC(C)CCC(C)C(C)(F)F. The lowest BCUT2D eigenvalue weighted by Crippen LogP contribution is -2.21. The molecule has 0 aromatic heterocycles. The molecule has 2 nitrogen and oxygen atoms in total. The highest BCUT2D eigenvalue weighted by atomic mass is 19.3. The highest BCUT2D eigenvalue weighted by Crippen LogP contribution is 2.30. The normalized spacial score (nSPS) is 14.1. The Labute approximate surface area is 223 Å². The summed E-state index contributed by atoms with van der Waals surface area (Å²) in [6, 6.07) is 0. The molecule has 0 aliphatic rings. The van der Waals surface area contributed by atoms with Gasteiger partial charge in [-0.05, 0) is 36.8 Å². The average Bonchev–Trinajstić information content (AvgIpc) is 2.90. The fourth-order valence-corrected chi connectivity index (χ4v) is 2.26. The molecule has 2 atom stereocenters. The van der Waals surface area contributed by atoms with Crippen molar-refractivity contribution in [2.45, 2.75) is 39.5 Å². The highest BCUT2D eigenvalue weighted by molar-refractivity contribution is 5.53. The zero-order valence-electron chi connectivity index (χ0n) is 22.8. The molecule has 0 N–H and O–H groups in total. The lowest BCUT2D eigenvalue weighted by molar-refractivity contribution is -0.0366. The molecule has 0 amide bonds. The summed E-state index contributed by atoms with van der Waals surface area (Å²) in [7, 11) is 2.25. The maximum absolute atomic E-state index is 13.9. The van der Waals surface area contributed by atoms with Crippen molar-refractivity contribution < 1.29 is 35.8 Å². The van der Waals surface area contributed by atoms with E-state index in [-0.39, 0.29) is 22.3 Å². The Bertz CT molecular complexity index is 958. The topological polar surface area (TPSA) is 18.5 Å². The Hall–Kier alpha value is -3.42. The van der Waals surface area contributed by atoms with Gasteiger partial charge in [-0.25, -0.2) is 17.6 Å². The Morgan fingerprint density at radius 2 is 1.05 bits per heavy atom. The van der Waals surface area contributed by atoms with Crippen molar-refractivity contribution >= 4 is 0 Å². The van der Waals surface area contributed by atoms with E-state index in [1.807, 2.05) is 6.92 Å². The number of hydrogen-bond donors (Lipinski definition) is 0. The predicted molar refractivity (Wildman–Crippen MR) is 145 cm³/mol. The summed E-state index contributed by atoms with van der Waals surface area (Å²) >= 11 is 0. The summed E-state index contributed by atoms with van der Waals surface area (Å²) in [5, 5.41) is 0. The van der Waals surface area contributed by atoms with Gasteiger partial charge in [0.25, 0.3) is 0 Å². The molecule has 0 aromatic rings. The van der Waals surface area contributed by atoms with E-state index >= 15 is 0 Å². The van der Waals surface area contributed by atoms with Gasteiger partial charge in [0, 0.05) is 17.1 Å². The van der Waals surface area contributed by atoms with Crippen molar-refractivity contribution in [1.82, 2.24) is 0 Å². The molecule has 0 saturated heterocycles. The van der Waals surface area contributed by atoms with Crippen molar-refractivity contribution in [1.29, 1.82) is 0 Å². The third-order valence-corrected chi connectivity index (χ3v) is 5.48. The van der Waals surface area contributed by atoms with E-state index in [1.165, 1.54) is 12.2 Å². The van der Waals surface area contributed by atoms with Gasteiger partial charge in [0.2, 0.25) is 17.6 Å². The van der Waals surface area contributed by atoms with Gasteiger partial charge in [-0.2, -0.15) is 8.78 Å². The third-order valence-electron chi connectivity index (χ3n) is 5.48. The summed E-state index contributed by atoms with van der Waals surface area (Å²) < 4.78 is 89.4. The zero-order chi connectivity index (χ0) is 30.4. The highest BCUT2D eigenvalue weighted by Gasteiger charge is 2.29. The van der Waals surface area contributed by atoms with Crippen LogP contribution in [-0.2, 0) is 9.47 Å². The molecular weight excluding hydrogens is 506 g/mol. The lowest BCUT2D eigenvalue weighted by atomic mass is 9.94. The molecule has 0 fully saturated rings. The average molecular weight is 545 g/mol. The molecule has 0 aliphatic heterocycles. The van der Waals surface area contributed by atoms with Gasteiger partial charge in [-0.15, -0.1) is 6.58 Å². The van der Waals surface area contributed by atoms with Crippen LogP contribution in [0, 0.1) is 11.8 Å². The van der Waals surface area contributed by atoms with E-state index in [4.69, 9.17) is 0 Å². The first-order valence-electron chi connectivity index (χ1n) is 11.4. The fourth-order valence-electron chi connectivity index (χ4n) is 2.26. The summed E-state index contributed by atoms with van der Waals surface area (Å²) in [5.41, 5.74) is -0.848. The Kier molecular flexibility index (Phi) is 16.6. The van der Waals surface area contributed by atoms with Crippen LogP contribution in [0.5, 0.6) is 0 Å². The van der Waals surface area contributed by atoms with Crippen LogP contribution in [0.3, 0.4) is 0 Å². The van der Waals surface area contributed by atoms with E-state index in [1.54, 1.807) is 13.0 Å². The van der Waals surface area contributed by atoms with E-state index in [0.717, 1.165) is 27.6 Å². The molecule has 8 heteroatoms. The first-order chi connectivity index (χ1) is 17.4. The van der Waals surface area contributed by atoms with Crippen LogP contribution >= 0.6 is 0 Å². The zero-order valence-corrected chi connectivity index (χ0v) is 22.8. The first kappa shape index (κ1) is 36.7. The van der Waals surface area contributed by atoms with Gasteiger partial charge in [0.15, 0.2) is 11.7 Å². The molecule has 0 aliphatic carbocycles. The van der Waals surface area contributed by atoms with Gasteiger partial charge in [-0.3, -0.25) is 0 Å². The molecule has 2 unspecified atom stereocenters. The van der Waals surface area contributed by atoms with E-state index in [0.29, 0.717) is 12.3 Å². The largest absolute Gasteiger partial charge is 0.494 e. The van der Waals surface area contributed by atoms with Crippen LogP contribution in [-0.4, -0.2) is 20.1 Å². The summed E-state index contributed by atoms with van der Waals surface area (Å²) in [5.74, 6) is -9.04. The third kappa shape index (κ3) is 12.7. The van der Waals surface area contributed by atoms with Gasteiger partial charge in [-0.1, -0.05) is 71.5 Å². The number of halogens is 6. The molecule has 0 rings (SSSR count). The number of rotatable bonds is 15. The Morgan fingerprint density at radius 1 is 0.711 bits per heavy atom. The van der Waals surface area contributed by atoms with Crippen molar-refractivity contribution in [3.8, 4) is 0 Å². The fraction of sp³-hybridized carbons (Fsp3) is 0.333. The summed E-state index contributed by atoms with van der Waals surface area (Å²) in [6.07, 6.45) is 5.55. The number of allylic oxidation sites excluding steroid dienone is 11. The van der Waals surface area contributed by atoms with Crippen molar-refractivity contribution in [2.75, 3.05) is 14.2 Å². The monoisotopic (exact) mass is 544 g/mol. The van der Waals surface area contributed by atoms with E-state index < -0.39 is 46.7 Å². The van der Waals surface area contributed by atoms with Crippen molar-refractivity contribution in [3.05, 3.63) is 121 Å². The second-order valence-electron chi connectivity index (χ2n) is 8.50. The lowest BCUT2D eigenvalue weighted by Gasteiger charge is -2.19. The molecule has 0 heterocycles. The number of hydrogen-bond acceptors (Lipinski definition) is 2. The molecule has 0 saturated carbocycles. The van der Waals surface area contributed by atoms with Crippen molar-refractivity contribution in [3.63, 3.8) is 0 Å². The molecule has 38 heavy (non-hydrogen) atoms. The molecule has 0 aromatic carbocycles.